The number of likely N-dealkylation sites (N-methyl/N-ethyl adjacent to an activating group) is 1. The van der Waals surface area contributed by atoms with E-state index in [-0.39, 0.29) is 11.7 Å². The molecular weight excluding hydrogens is 799 g/mol. The summed E-state index contributed by atoms with van der Waals surface area (Å²) in [6.07, 6.45) is -10.3. The van der Waals surface area contributed by atoms with Gasteiger partial charge in [0.1, 0.15) is 18.3 Å². The minimum Gasteiger partial charge on any atom is -0.542 e. The lowest BCUT2D eigenvalue weighted by molar-refractivity contribution is -0.926. The van der Waals surface area contributed by atoms with Crippen molar-refractivity contribution < 1.29 is 59.8 Å². The van der Waals surface area contributed by atoms with Crippen LogP contribution in [0.25, 0.3) is 11.1 Å². The van der Waals surface area contributed by atoms with Crippen LogP contribution in [0.4, 0.5) is 30.7 Å². The number of rotatable bonds is 10. The average Bonchev–Trinajstić information content (AvgIpc) is 3.19. The molecule has 2 aliphatic rings. The molecule has 0 bridgehead atoms. The molecule has 0 unspecified atom stereocenters. The van der Waals surface area contributed by atoms with Crippen LogP contribution in [0, 0.1) is 5.82 Å². The summed E-state index contributed by atoms with van der Waals surface area (Å²) in [4.78, 5) is 35.8. The van der Waals surface area contributed by atoms with Crippen LogP contribution < -0.4 is 15.7 Å². The van der Waals surface area contributed by atoms with E-state index in [0.29, 0.717) is 23.7 Å². The number of quaternary nitrogens is 1. The zero-order valence-electron chi connectivity index (χ0n) is 33.2. The number of carbonyl (C=O) groups is 3. The minimum absolute atomic E-state index is 0.120. The van der Waals surface area contributed by atoms with E-state index in [2.05, 4.69) is 82.9 Å². The van der Waals surface area contributed by atoms with E-state index in [1.807, 2.05) is 36.4 Å². The second-order valence-electron chi connectivity index (χ2n) is 15.1. The van der Waals surface area contributed by atoms with Crippen molar-refractivity contribution in [2.24, 2.45) is 0 Å². The summed E-state index contributed by atoms with van der Waals surface area (Å²) in [5.74, 6) is -6.14. The molecule has 324 valence electrons. The number of aliphatic carboxylic acids is 2. The molecule has 1 atom stereocenters. The summed E-state index contributed by atoms with van der Waals surface area (Å²) in [6, 6.07) is 32.4. The Bertz CT molecular complexity index is 2020. The molecular formula is C43H48F7N5O5. The third-order valence-corrected chi connectivity index (χ3v) is 9.97. The summed E-state index contributed by atoms with van der Waals surface area (Å²) >= 11 is 0. The van der Waals surface area contributed by atoms with Crippen molar-refractivity contribution >= 4 is 17.8 Å². The molecule has 6 rings (SSSR count). The van der Waals surface area contributed by atoms with Crippen LogP contribution >= 0.6 is 0 Å². The largest absolute Gasteiger partial charge is 0.542 e. The Morgan fingerprint density at radius 3 is 1.97 bits per heavy atom. The van der Waals surface area contributed by atoms with Gasteiger partial charge in [0.25, 0.3) is 5.91 Å². The normalized spacial score (nSPS) is 17.0. The van der Waals surface area contributed by atoms with Crippen LogP contribution in [0.2, 0.25) is 0 Å². The third-order valence-electron chi connectivity index (χ3n) is 9.97. The van der Waals surface area contributed by atoms with E-state index in [1.54, 1.807) is 6.07 Å². The van der Waals surface area contributed by atoms with E-state index < -0.39 is 24.3 Å². The van der Waals surface area contributed by atoms with Crippen molar-refractivity contribution in [2.45, 2.75) is 51.5 Å². The Kier molecular flexibility index (Phi) is 16.8. The predicted octanol–water partition coefficient (Wildman–Crippen LogP) is 5.61. The number of carbonyl (C=O) groups excluding carboxylic acids is 2. The number of hydrogen-bond donors (Lipinski definition) is 3. The molecule has 4 aromatic rings. The van der Waals surface area contributed by atoms with E-state index in [9.17, 15) is 31.1 Å². The first kappa shape index (κ1) is 47.3. The first-order chi connectivity index (χ1) is 28.2. The fourth-order valence-corrected chi connectivity index (χ4v) is 6.84. The summed E-state index contributed by atoms with van der Waals surface area (Å²) in [5, 5.41) is 22.5. The highest BCUT2D eigenvalue weighted by molar-refractivity contribution is 5.94. The van der Waals surface area contributed by atoms with Crippen LogP contribution in [-0.2, 0) is 35.8 Å². The number of nitrogens with one attached hydrogen (secondary N) is 2. The molecule has 2 heterocycles. The fourth-order valence-electron chi connectivity index (χ4n) is 6.84. The van der Waals surface area contributed by atoms with E-state index >= 15 is 4.39 Å². The first-order valence-corrected chi connectivity index (χ1v) is 19.1. The average molecular weight is 848 g/mol. The molecule has 2 fully saturated rings. The van der Waals surface area contributed by atoms with Crippen molar-refractivity contribution in [3.8, 4) is 11.1 Å². The van der Waals surface area contributed by atoms with Crippen LogP contribution in [0.3, 0.4) is 0 Å². The second kappa shape index (κ2) is 21.2. The highest BCUT2D eigenvalue weighted by Crippen LogP contribution is 2.26. The zero-order chi connectivity index (χ0) is 44.1. The number of alkyl halides is 6. The Labute approximate surface area is 343 Å². The Hall–Kier alpha value is -5.36. The Morgan fingerprint density at radius 1 is 0.783 bits per heavy atom. The molecule has 0 aliphatic carbocycles. The first-order valence-electron chi connectivity index (χ1n) is 19.1. The predicted molar refractivity (Wildman–Crippen MR) is 208 cm³/mol. The maximum atomic E-state index is 15.0. The van der Waals surface area contributed by atoms with Crippen LogP contribution in [-0.4, -0.2) is 108 Å². The maximum Gasteiger partial charge on any atom is 0.490 e. The Morgan fingerprint density at radius 2 is 1.37 bits per heavy atom. The monoisotopic (exact) mass is 847 g/mol. The van der Waals surface area contributed by atoms with Gasteiger partial charge in [-0.15, -0.1) is 0 Å². The highest BCUT2D eigenvalue weighted by Gasteiger charge is 2.38. The van der Waals surface area contributed by atoms with Gasteiger partial charge in [-0.2, -0.15) is 26.3 Å². The SMILES string of the molecule is C[C@H]1CN(Cc2cccc(-c3cc(CNC(=O)c4cccc(CN5CC[N+](C)(Cc6ccccc6)CC5)c4)ccc3F)c2)CCN1.O=C(O)C(F)(F)F.O=C([O-])C(F)(F)F. The van der Waals surface area contributed by atoms with Crippen molar-refractivity contribution in [1.29, 1.82) is 0 Å². The topological polar surface area (TPSA) is 125 Å². The molecule has 2 saturated heterocycles. The van der Waals surface area contributed by atoms with E-state index in [0.717, 1.165) is 86.6 Å². The Balaban J connectivity index is 0.000000488. The van der Waals surface area contributed by atoms with E-state index in [4.69, 9.17) is 19.8 Å². The lowest BCUT2D eigenvalue weighted by Gasteiger charge is -2.42. The summed E-state index contributed by atoms with van der Waals surface area (Å²) < 4.78 is 79.4. The molecule has 10 nitrogen and oxygen atoms in total. The van der Waals surface area contributed by atoms with E-state index in [1.165, 1.54) is 17.2 Å². The summed E-state index contributed by atoms with van der Waals surface area (Å²) in [6.45, 7) is 12.5. The van der Waals surface area contributed by atoms with Gasteiger partial charge in [-0.1, -0.05) is 66.7 Å². The van der Waals surface area contributed by atoms with Crippen LogP contribution in [0.5, 0.6) is 0 Å². The number of hydrogen-bond acceptors (Lipinski definition) is 7. The van der Waals surface area contributed by atoms with Crippen molar-refractivity contribution in [1.82, 2.24) is 20.4 Å². The smallest absolute Gasteiger partial charge is 0.490 e. The van der Waals surface area contributed by atoms with Gasteiger partial charge in [0, 0.05) is 75.1 Å². The molecule has 0 aromatic heterocycles. The van der Waals surface area contributed by atoms with Crippen LogP contribution in [0.15, 0.2) is 97.1 Å². The second-order valence-corrected chi connectivity index (χ2v) is 15.1. The molecule has 0 radical (unpaired) electrons. The minimum atomic E-state index is -5.19. The van der Waals surface area contributed by atoms with Gasteiger partial charge in [0.05, 0.1) is 20.1 Å². The van der Waals surface area contributed by atoms with Gasteiger partial charge in [0.2, 0.25) is 0 Å². The summed E-state index contributed by atoms with van der Waals surface area (Å²) in [5.41, 5.74) is 6.64. The number of piperazine rings is 2. The standard InChI is InChI=1S/C39H46FN5O.2C2HF3O2/c1-30-26-44(17-16-41-30)28-33-10-6-12-35(22-33)37-24-32(14-15-38(37)40)25-42-39(46)36-13-7-11-34(23-36)27-43-18-20-45(2,21-19-43)29-31-8-4-3-5-9-31;2*3-2(4,5)1(6)7/h3-15,22-24,30,41H,16-21,25-29H2,1-2H3;2*(H,6,7)/t30-;;/m0../s1. The quantitative estimate of drug-likeness (QED) is 0.139. The zero-order valence-corrected chi connectivity index (χ0v) is 33.2. The number of amides is 1. The molecule has 0 saturated carbocycles. The van der Waals surface area contributed by atoms with Crippen molar-refractivity contribution in [3.63, 3.8) is 0 Å². The molecule has 17 heteroatoms. The third kappa shape index (κ3) is 15.3. The lowest BCUT2D eigenvalue weighted by Crippen LogP contribution is -2.56. The molecule has 60 heavy (non-hydrogen) atoms. The highest BCUT2D eigenvalue weighted by atomic mass is 19.4. The number of halogens is 7. The number of benzene rings is 4. The summed E-state index contributed by atoms with van der Waals surface area (Å²) in [7, 11) is 2.35. The number of nitrogens with zero attached hydrogens (tertiary/aromatic N) is 3. The van der Waals surface area contributed by atoms with Gasteiger partial charge in [-0.3, -0.25) is 14.6 Å². The lowest BCUT2D eigenvalue weighted by atomic mass is 10.00. The van der Waals surface area contributed by atoms with Gasteiger partial charge in [-0.05, 0) is 59.5 Å². The van der Waals surface area contributed by atoms with Crippen molar-refractivity contribution in [2.75, 3.05) is 52.9 Å². The molecule has 1 amide bonds. The fraction of sp³-hybridized carbons (Fsp3) is 0.372. The maximum absolute atomic E-state index is 15.0. The molecule has 0 spiro atoms. The molecule has 3 N–H and O–H groups in total. The van der Waals surface area contributed by atoms with Gasteiger partial charge >= 0.3 is 18.3 Å². The van der Waals surface area contributed by atoms with Crippen molar-refractivity contribution in [3.05, 3.63) is 131 Å². The van der Waals surface area contributed by atoms with Gasteiger partial charge in [0.15, 0.2) is 0 Å². The van der Waals surface area contributed by atoms with Crippen LogP contribution in [0.1, 0.15) is 39.5 Å². The number of carboxylic acid groups (broad SMARTS) is 2. The molecule has 2 aliphatic heterocycles. The molecule has 4 aromatic carbocycles. The van der Waals surface area contributed by atoms with Gasteiger partial charge in [-0.25, -0.2) is 9.18 Å². The number of carboxylic acids is 2. The van der Waals surface area contributed by atoms with Gasteiger partial charge < -0.3 is 30.1 Å².